The molecular formula is C16H21BrN2O. The monoisotopic (exact) mass is 336 g/mol. The maximum absolute atomic E-state index is 10.7. The average Bonchev–Trinajstić information content (AvgIpc) is 2.85. The molecule has 0 fully saturated rings. The number of hydrogen-bond acceptors (Lipinski definition) is 2. The molecule has 0 amide bonds. The van der Waals surface area contributed by atoms with Gasteiger partial charge in [-0.3, -0.25) is 4.68 Å². The topological polar surface area (TPSA) is 38.0 Å². The zero-order valence-corrected chi connectivity index (χ0v) is 13.8. The molecule has 0 bridgehead atoms. The minimum Gasteiger partial charge on any atom is -0.385 e. The Balaban J connectivity index is 2.20. The summed E-state index contributed by atoms with van der Waals surface area (Å²) in [6.45, 7) is 6.11. The highest BCUT2D eigenvalue weighted by Gasteiger charge is 2.26. The van der Waals surface area contributed by atoms with Crippen molar-refractivity contribution in [2.75, 3.05) is 0 Å². The Hall–Kier alpha value is -1.13. The van der Waals surface area contributed by atoms with Gasteiger partial charge in [-0.2, -0.15) is 5.10 Å². The quantitative estimate of drug-likeness (QED) is 0.893. The van der Waals surface area contributed by atoms with Crippen molar-refractivity contribution >= 4 is 15.9 Å². The molecule has 0 aliphatic heterocycles. The maximum atomic E-state index is 10.7. The Kier molecular flexibility index (Phi) is 4.66. The average molecular weight is 337 g/mol. The molecular weight excluding hydrogens is 316 g/mol. The van der Waals surface area contributed by atoms with E-state index in [9.17, 15) is 5.11 Å². The summed E-state index contributed by atoms with van der Waals surface area (Å²) >= 11 is 3.50. The van der Waals surface area contributed by atoms with Crippen molar-refractivity contribution in [3.05, 3.63) is 52.3 Å². The lowest BCUT2D eigenvalue weighted by Gasteiger charge is -2.24. The first-order valence-electron chi connectivity index (χ1n) is 6.95. The van der Waals surface area contributed by atoms with Crippen LogP contribution in [0, 0.1) is 0 Å². The van der Waals surface area contributed by atoms with Gasteiger partial charge in [-0.1, -0.05) is 41.1 Å². The van der Waals surface area contributed by atoms with Gasteiger partial charge in [0.25, 0.3) is 0 Å². The van der Waals surface area contributed by atoms with Crippen LogP contribution < -0.4 is 0 Å². The van der Waals surface area contributed by atoms with E-state index in [1.807, 2.05) is 48.1 Å². The van der Waals surface area contributed by atoms with E-state index in [1.165, 1.54) is 0 Å². The van der Waals surface area contributed by atoms with E-state index >= 15 is 0 Å². The van der Waals surface area contributed by atoms with Gasteiger partial charge in [-0.05, 0) is 38.0 Å². The smallest absolute Gasteiger partial charge is 0.0935 e. The molecule has 2 atom stereocenters. The Bertz CT molecular complexity index is 577. The van der Waals surface area contributed by atoms with Crippen LogP contribution in [0.5, 0.6) is 0 Å². The minimum atomic E-state index is -0.936. The van der Waals surface area contributed by atoms with Gasteiger partial charge < -0.3 is 5.11 Å². The molecule has 2 aromatic rings. The first-order chi connectivity index (χ1) is 9.44. The molecule has 0 aliphatic carbocycles. The Morgan fingerprint density at radius 2 is 2.05 bits per heavy atom. The van der Waals surface area contributed by atoms with Crippen molar-refractivity contribution in [1.82, 2.24) is 9.78 Å². The van der Waals surface area contributed by atoms with Crippen LogP contribution in [0.1, 0.15) is 44.5 Å². The van der Waals surface area contributed by atoms with Crippen molar-refractivity contribution in [2.24, 2.45) is 0 Å². The second-order valence-corrected chi connectivity index (χ2v) is 6.33. The van der Waals surface area contributed by atoms with Crippen LogP contribution >= 0.6 is 15.9 Å². The molecule has 0 saturated carbocycles. The molecule has 0 spiro atoms. The van der Waals surface area contributed by atoms with Gasteiger partial charge in [0.1, 0.15) is 0 Å². The van der Waals surface area contributed by atoms with Crippen molar-refractivity contribution in [3.63, 3.8) is 0 Å². The minimum absolute atomic E-state index is 0.386. The summed E-state index contributed by atoms with van der Waals surface area (Å²) in [7, 11) is 0. The lowest BCUT2D eigenvalue weighted by molar-refractivity contribution is 0.0556. The molecule has 2 unspecified atom stereocenters. The number of nitrogens with zero attached hydrogens (tertiary/aromatic N) is 2. The highest BCUT2D eigenvalue weighted by molar-refractivity contribution is 9.10. The number of hydrogen-bond donors (Lipinski definition) is 1. The third-order valence-electron chi connectivity index (χ3n) is 3.69. The number of aromatic nitrogens is 2. The van der Waals surface area contributed by atoms with Gasteiger partial charge in [0.05, 0.1) is 11.3 Å². The predicted molar refractivity (Wildman–Crippen MR) is 84.6 cm³/mol. The van der Waals surface area contributed by atoms with Gasteiger partial charge in [0, 0.05) is 23.1 Å². The van der Waals surface area contributed by atoms with Crippen LogP contribution in [-0.4, -0.2) is 14.9 Å². The lowest BCUT2D eigenvalue weighted by Crippen LogP contribution is -2.25. The van der Waals surface area contributed by atoms with Crippen LogP contribution in [0.4, 0.5) is 0 Å². The van der Waals surface area contributed by atoms with Crippen molar-refractivity contribution in [2.45, 2.75) is 45.3 Å². The standard InChI is InChI=1S/C16H21BrN2O/c1-4-12(2)19-10-9-13(18-19)11-16(3,20)14-7-5-6-8-15(14)17/h5-10,12,20H,4,11H2,1-3H3. The first-order valence-corrected chi connectivity index (χ1v) is 7.74. The molecule has 108 valence electrons. The van der Waals surface area contributed by atoms with Gasteiger partial charge in [0.15, 0.2) is 0 Å². The number of rotatable bonds is 5. The van der Waals surface area contributed by atoms with Gasteiger partial charge in [0.2, 0.25) is 0 Å². The van der Waals surface area contributed by atoms with Crippen LogP contribution in [0.3, 0.4) is 0 Å². The third-order valence-corrected chi connectivity index (χ3v) is 4.38. The fraction of sp³-hybridized carbons (Fsp3) is 0.438. The number of aliphatic hydroxyl groups is 1. The SMILES string of the molecule is CCC(C)n1ccc(CC(C)(O)c2ccccc2Br)n1. The fourth-order valence-corrected chi connectivity index (χ4v) is 2.96. The maximum Gasteiger partial charge on any atom is 0.0935 e. The summed E-state index contributed by atoms with van der Waals surface area (Å²) in [6.07, 6.45) is 3.53. The third kappa shape index (κ3) is 3.30. The van der Waals surface area contributed by atoms with E-state index in [0.29, 0.717) is 12.5 Å². The highest BCUT2D eigenvalue weighted by atomic mass is 79.9. The van der Waals surface area contributed by atoms with Crippen LogP contribution in [0.15, 0.2) is 41.0 Å². The van der Waals surface area contributed by atoms with Crippen LogP contribution in [0.2, 0.25) is 0 Å². The zero-order valence-electron chi connectivity index (χ0n) is 12.2. The van der Waals surface area contributed by atoms with E-state index in [4.69, 9.17) is 0 Å². The second-order valence-electron chi connectivity index (χ2n) is 5.47. The molecule has 0 radical (unpaired) electrons. The van der Waals surface area contributed by atoms with E-state index < -0.39 is 5.60 Å². The summed E-state index contributed by atoms with van der Waals surface area (Å²) in [5, 5.41) is 15.3. The summed E-state index contributed by atoms with van der Waals surface area (Å²) in [6, 6.07) is 10.1. The van der Waals surface area contributed by atoms with E-state index in [-0.39, 0.29) is 0 Å². The van der Waals surface area contributed by atoms with Gasteiger partial charge in [-0.15, -0.1) is 0 Å². The summed E-state index contributed by atoms with van der Waals surface area (Å²) < 4.78 is 2.89. The normalized spacial score (nSPS) is 15.8. The predicted octanol–water partition coefficient (Wildman–Crippen LogP) is 4.07. The molecule has 1 aromatic heterocycles. The fourth-order valence-electron chi connectivity index (χ4n) is 2.25. The number of benzene rings is 1. The largest absolute Gasteiger partial charge is 0.385 e. The second kappa shape index (κ2) is 6.10. The lowest BCUT2D eigenvalue weighted by atomic mass is 9.91. The van der Waals surface area contributed by atoms with Crippen molar-refractivity contribution in [1.29, 1.82) is 0 Å². The van der Waals surface area contributed by atoms with E-state index in [2.05, 4.69) is 34.9 Å². The van der Waals surface area contributed by atoms with Crippen molar-refractivity contribution < 1.29 is 5.11 Å². The van der Waals surface area contributed by atoms with Gasteiger partial charge in [-0.25, -0.2) is 0 Å². The molecule has 3 nitrogen and oxygen atoms in total. The summed E-state index contributed by atoms with van der Waals surface area (Å²) in [5.41, 5.74) is 0.860. The Labute approximate surface area is 128 Å². The molecule has 0 saturated heterocycles. The molecule has 0 aliphatic rings. The zero-order chi connectivity index (χ0) is 14.8. The molecule has 1 heterocycles. The van der Waals surface area contributed by atoms with Gasteiger partial charge >= 0.3 is 0 Å². The first kappa shape index (κ1) is 15.3. The highest BCUT2D eigenvalue weighted by Crippen LogP contribution is 2.30. The number of halogens is 1. The van der Waals surface area contributed by atoms with E-state index in [1.54, 1.807) is 0 Å². The molecule has 2 rings (SSSR count). The Morgan fingerprint density at radius 1 is 1.35 bits per heavy atom. The molecule has 1 N–H and O–H groups in total. The van der Waals surface area contributed by atoms with Crippen LogP contribution in [-0.2, 0) is 12.0 Å². The van der Waals surface area contributed by atoms with Crippen LogP contribution in [0.25, 0.3) is 0 Å². The van der Waals surface area contributed by atoms with Crippen molar-refractivity contribution in [3.8, 4) is 0 Å². The summed E-state index contributed by atoms with van der Waals surface area (Å²) in [4.78, 5) is 0. The summed E-state index contributed by atoms with van der Waals surface area (Å²) in [5.74, 6) is 0. The Morgan fingerprint density at radius 3 is 2.70 bits per heavy atom. The molecule has 4 heteroatoms. The van der Waals surface area contributed by atoms with E-state index in [0.717, 1.165) is 22.2 Å². The molecule has 1 aromatic carbocycles. The molecule has 20 heavy (non-hydrogen) atoms.